The molecule has 0 saturated heterocycles. The molecule has 1 aromatic heterocycles. The van der Waals surface area contributed by atoms with Gasteiger partial charge in [0, 0.05) is 11.6 Å². The smallest absolute Gasteiger partial charge is 0.342 e. The minimum absolute atomic E-state index is 0.269. The fourth-order valence-electron chi connectivity index (χ4n) is 1.84. The Hall–Kier alpha value is -2.27. The summed E-state index contributed by atoms with van der Waals surface area (Å²) in [4.78, 5) is 23.8. The van der Waals surface area contributed by atoms with E-state index in [1.54, 1.807) is 13.0 Å². The van der Waals surface area contributed by atoms with E-state index in [1.165, 1.54) is 19.3 Å². The standard InChI is InChI=1S/C16H16ClNO4/c1-10-13(7-8-21-10)16(20)22-11(2)15(19)18-9-12-5-3-4-6-14(12)17/h3-8,11H,9H2,1-2H3,(H,18,19)/t11-/m0/s1. The first-order valence-electron chi connectivity index (χ1n) is 6.75. The molecule has 1 heterocycles. The van der Waals surface area contributed by atoms with Crippen LogP contribution in [0.1, 0.15) is 28.6 Å². The molecular weight excluding hydrogens is 306 g/mol. The summed E-state index contributed by atoms with van der Waals surface area (Å²) in [5.74, 6) is -0.533. The van der Waals surface area contributed by atoms with Crippen LogP contribution >= 0.6 is 11.6 Å². The monoisotopic (exact) mass is 321 g/mol. The zero-order valence-corrected chi connectivity index (χ0v) is 13.0. The topological polar surface area (TPSA) is 68.5 Å². The van der Waals surface area contributed by atoms with Crippen molar-refractivity contribution in [3.05, 3.63) is 58.5 Å². The summed E-state index contributed by atoms with van der Waals surface area (Å²) in [5.41, 5.74) is 1.10. The maximum absolute atomic E-state index is 12.0. The Labute approximate surface area is 133 Å². The molecule has 1 aromatic carbocycles. The Morgan fingerprint density at radius 3 is 2.68 bits per heavy atom. The van der Waals surface area contributed by atoms with Crippen LogP contribution in [-0.4, -0.2) is 18.0 Å². The van der Waals surface area contributed by atoms with Gasteiger partial charge < -0.3 is 14.5 Å². The lowest BCUT2D eigenvalue weighted by Crippen LogP contribution is -2.35. The second-order valence-electron chi connectivity index (χ2n) is 4.75. The Morgan fingerprint density at radius 2 is 2.05 bits per heavy atom. The van der Waals surface area contributed by atoms with E-state index in [2.05, 4.69) is 5.32 Å². The first-order valence-corrected chi connectivity index (χ1v) is 7.13. The van der Waals surface area contributed by atoms with E-state index in [0.717, 1.165) is 5.56 Å². The van der Waals surface area contributed by atoms with Crippen LogP contribution in [0.2, 0.25) is 5.02 Å². The van der Waals surface area contributed by atoms with Gasteiger partial charge in [-0.15, -0.1) is 0 Å². The van der Waals surface area contributed by atoms with Crippen LogP contribution in [0, 0.1) is 6.92 Å². The van der Waals surface area contributed by atoms with Crippen LogP contribution in [0.25, 0.3) is 0 Å². The van der Waals surface area contributed by atoms with Crippen LogP contribution in [0.3, 0.4) is 0 Å². The van der Waals surface area contributed by atoms with Crippen LogP contribution in [-0.2, 0) is 16.1 Å². The highest BCUT2D eigenvalue weighted by atomic mass is 35.5. The van der Waals surface area contributed by atoms with Gasteiger partial charge in [0.15, 0.2) is 6.10 Å². The summed E-state index contributed by atoms with van der Waals surface area (Å²) in [6, 6.07) is 8.71. The Bertz CT molecular complexity index is 680. The molecule has 22 heavy (non-hydrogen) atoms. The molecule has 0 radical (unpaired) electrons. The van der Waals surface area contributed by atoms with Crippen LogP contribution in [0.4, 0.5) is 0 Å². The molecule has 5 nitrogen and oxygen atoms in total. The van der Waals surface area contributed by atoms with Gasteiger partial charge in [-0.05, 0) is 31.5 Å². The maximum Gasteiger partial charge on any atom is 0.342 e. The van der Waals surface area contributed by atoms with Gasteiger partial charge in [0.05, 0.1) is 6.26 Å². The number of benzene rings is 1. The molecule has 0 aliphatic heterocycles. The molecule has 1 N–H and O–H groups in total. The predicted molar refractivity (Wildman–Crippen MR) is 81.6 cm³/mol. The van der Waals surface area contributed by atoms with E-state index in [1.807, 2.05) is 18.2 Å². The molecule has 0 aliphatic rings. The number of rotatable bonds is 5. The van der Waals surface area contributed by atoms with Crippen molar-refractivity contribution in [2.45, 2.75) is 26.5 Å². The van der Waals surface area contributed by atoms with Gasteiger partial charge in [-0.1, -0.05) is 29.8 Å². The molecular formula is C16H16ClNO4. The summed E-state index contributed by atoms with van der Waals surface area (Å²) in [7, 11) is 0. The van der Waals surface area contributed by atoms with E-state index in [-0.39, 0.29) is 6.54 Å². The number of furan rings is 1. The number of esters is 1. The molecule has 2 rings (SSSR count). The highest BCUT2D eigenvalue weighted by Gasteiger charge is 2.21. The number of hydrogen-bond acceptors (Lipinski definition) is 4. The Balaban J connectivity index is 1.89. The molecule has 0 aliphatic carbocycles. The average Bonchev–Trinajstić information content (AvgIpc) is 2.92. The molecule has 1 atom stereocenters. The number of carbonyl (C=O) groups is 2. The normalized spacial score (nSPS) is 11.8. The summed E-state index contributed by atoms with van der Waals surface area (Å²) < 4.78 is 10.1. The van der Waals surface area contributed by atoms with E-state index in [0.29, 0.717) is 16.3 Å². The first-order chi connectivity index (χ1) is 10.5. The van der Waals surface area contributed by atoms with E-state index in [4.69, 9.17) is 20.8 Å². The fourth-order valence-corrected chi connectivity index (χ4v) is 2.04. The van der Waals surface area contributed by atoms with Crippen molar-refractivity contribution in [1.82, 2.24) is 5.32 Å². The highest BCUT2D eigenvalue weighted by molar-refractivity contribution is 6.31. The summed E-state index contributed by atoms with van der Waals surface area (Å²) in [5, 5.41) is 3.25. The average molecular weight is 322 g/mol. The third-order valence-electron chi connectivity index (χ3n) is 3.14. The van der Waals surface area contributed by atoms with Crippen molar-refractivity contribution in [3.63, 3.8) is 0 Å². The van der Waals surface area contributed by atoms with Crippen LogP contribution in [0.5, 0.6) is 0 Å². The summed E-state index contributed by atoms with van der Waals surface area (Å²) >= 11 is 6.01. The molecule has 0 saturated carbocycles. The zero-order chi connectivity index (χ0) is 16.1. The number of aryl methyl sites for hydroxylation is 1. The molecule has 116 valence electrons. The van der Waals surface area contributed by atoms with E-state index >= 15 is 0 Å². The minimum Gasteiger partial charge on any atom is -0.469 e. The lowest BCUT2D eigenvalue weighted by molar-refractivity contribution is -0.129. The second-order valence-corrected chi connectivity index (χ2v) is 5.15. The van der Waals surface area contributed by atoms with Gasteiger partial charge in [0.2, 0.25) is 0 Å². The third-order valence-corrected chi connectivity index (χ3v) is 3.51. The fraction of sp³-hybridized carbons (Fsp3) is 0.250. The van der Waals surface area contributed by atoms with Gasteiger partial charge in [0.25, 0.3) is 5.91 Å². The van der Waals surface area contributed by atoms with Gasteiger partial charge in [-0.25, -0.2) is 4.79 Å². The molecule has 0 spiro atoms. The van der Waals surface area contributed by atoms with Gasteiger partial charge in [-0.3, -0.25) is 4.79 Å². The van der Waals surface area contributed by atoms with Crippen molar-refractivity contribution < 1.29 is 18.7 Å². The minimum atomic E-state index is -0.913. The molecule has 0 unspecified atom stereocenters. The van der Waals surface area contributed by atoms with Crippen molar-refractivity contribution in [2.24, 2.45) is 0 Å². The van der Waals surface area contributed by atoms with Crippen molar-refractivity contribution in [2.75, 3.05) is 0 Å². The number of ether oxygens (including phenoxy) is 1. The largest absolute Gasteiger partial charge is 0.469 e. The SMILES string of the molecule is Cc1occc1C(=O)O[C@@H](C)C(=O)NCc1ccccc1Cl. The number of carbonyl (C=O) groups excluding carboxylic acids is 2. The van der Waals surface area contributed by atoms with Gasteiger partial charge in [-0.2, -0.15) is 0 Å². The summed E-state index contributed by atoms with van der Waals surface area (Å²) in [6.07, 6.45) is 0.484. The second kappa shape index (κ2) is 7.13. The molecule has 6 heteroatoms. The molecule has 1 amide bonds. The predicted octanol–water partition coefficient (Wildman–Crippen LogP) is 3.10. The number of hydrogen-bond donors (Lipinski definition) is 1. The number of amides is 1. The lowest BCUT2D eigenvalue weighted by Gasteiger charge is -2.13. The maximum atomic E-state index is 12.0. The van der Waals surface area contributed by atoms with Gasteiger partial charge in [0.1, 0.15) is 11.3 Å². The van der Waals surface area contributed by atoms with E-state index in [9.17, 15) is 9.59 Å². The highest BCUT2D eigenvalue weighted by Crippen LogP contribution is 2.15. The van der Waals surface area contributed by atoms with Crippen molar-refractivity contribution >= 4 is 23.5 Å². The van der Waals surface area contributed by atoms with Crippen molar-refractivity contribution in [1.29, 1.82) is 0 Å². The van der Waals surface area contributed by atoms with Crippen LogP contribution < -0.4 is 5.32 Å². The molecule has 2 aromatic rings. The first kappa shape index (κ1) is 16.1. The van der Waals surface area contributed by atoms with Crippen molar-refractivity contribution in [3.8, 4) is 0 Å². The van der Waals surface area contributed by atoms with E-state index < -0.39 is 18.0 Å². The third kappa shape index (κ3) is 3.89. The Kier molecular flexibility index (Phi) is 5.22. The van der Waals surface area contributed by atoms with Crippen LogP contribution in [0.15, 0.2) is 41.0 Å². The zero-order valence-electron chi connectivity index (χ0n) is 12.3. The lowest BCUT2D eigenvalue weighted by atomic mass is 10.2. The quantitative estimate of drug-likeness (QED) is 0.859. The number of nitrogens with one attached hydrogen (secondary N) is 1. The number of halogens is 1. The molecule has 0 bridgehead atoms. The molecule has 0 fully saturated rings. The Morgan fingerprint density at radius 1 is 1.32 bits per heavy atom. The summed E-state index contributed by atoms with van der Waals surface area (Å²) in [6.45, 7) is 3.43. The van der Waals surface area contributed by atoms with Gasteiger partial charge >= 0.3 is 5.97 Å².